The summed E-state index contributed by atoms with van der Waals surface area (Å²) in [6.45, 7) is -0.681. The Bertz CT molecular complexity index is 847. The van der Waals surface area contributed by atoms with Gasteiger partial charge in [0.15, 0.2) is 12.4 Å². The summed E-state index contributed by atoms with van der Waals surface area (Å²) < 4.78 is 50.7. The van der Waals surface area contributed by atoms with Gasteiger partial charge >= 0.3 is 6.18 Å². The third kappa shape index (κ3) is 4.74. The van der Waals surface area contributed by atoms with Gasteiger partial charge in [0.05, 0.1) is 12.2 Å². The molecule has 5 atom stereocenters. The normalized spacial score (nSPS) is 27.3. The van der Waals surface area contributed by atoms with Crippen molar-refractivity contribution in [1.82, 2.24) is 10.2 Å². The van der Waals surface area contributed by atoms with E-state index in [-0.39, 0.29) is 12.0 Å². The van der Waals surface area contributed by atoms with E-state index in [4.69, 9.17) is 14.6 Å². The van der Waals surface area contributed by atoms with Crippen molar-refractivity contribution in [2.45, 2.75) is 48.2 Å². The number of H-pyrrole nitrogens is 1. The van der Waals surface area contributed by atoms with Gasteiger partial charge < -0.3 is 29.9 Å². The van der Waals surface area contributed by atoms with Gasteiger partial charge in [-0.05, 0) is 24.0 Å². The van der Waals surface area contributed by atoms with Crippen LogP contribution in [0.4, 0.5) is 13.2 Å². The number of nitrogens with one attached hydrogen (secondary N) is 1. The summed E-state index contributed by atoms with van der Waals surface area (Å²) in [5, 5.41) is 44.8. The van der Waals surface area contributed by atoms with Crippen LogP contribution in [0, 0.1) is 0 Å². The number of halogens is 3. The molecule has 3 rings (SSSR count). The maximum Gasteiger partial charge on any atom is 0.433 e. The topological polar surface area (TPSA) is 128 Å². The number of hydrogen-bond donors (Lipinski definition) is 5. The van der Waals surface area contributed by atoms with Gasteiger partial charge in [-0.25, -0.2) is 0 Å². The Morgan fingerprint density at radius 1 is 1.17 bits per heavy atom. The fourth-order valence-electron chi connectivity index (χ4n) is 3.12. The summed E-state index contributed by atoms with van der Waals surface area (Å²) in [5.74, 6) is -0.488. The molecule has 12 heteroatoms. The van der Waals surface area contributed by atoms with Gasteiger partial charge in [-0.15, -0.1) is 16.9 Å². The van der Waals surface area contributed by atoms with E-state index in [9.17, 15) is 28.5 Å². The zero-order valence-corrected chi connectivity index (χ0v) is 16.5. The van der Waals surface area contributed by atoms with E-state index in [0.29, 0.717) is 5.56 Å². The Hall–Kier alpha value is -1.83. The molecule has 1 aromatic heterocycles. The smallest absolute Gasteiger partial charge is 0.433 e. The number of benzene rings is 1. The van der Waals surface area contributed by atoms with Crippen molar-refractivity contribution in [3.8, 4) is 5.88 Å². The van der Waals surface area contributed by atoms with Gasteiger partial charge in [-0.2, -0.15) is 13.2 Å². The van der Waals surface area contributed by atoms with Gasteiger partial charge in [0.2, 0.25) is 5.88 Å². The lowest BCUT2D eigenvalue weighted by Gasteiger charge is -2.39. The first-order chi connectivity index (χ1) is 14.2. The largest absolute Gasteiger partial charge is 0.465 e. The molecule has 166 valence electrons. The van der Waals surface area contributed by atoms with E-state index in [1.165, 1.54) is 11.8 Å². The van der Waals surface area contributed by atoms with Crippen molar-refractivity contribution >= 4 is 11.8 Å². The zero-order chi connectivity index (χ0) is 22.1. The first-order valence-electron chi connectivity index (χ1n) is 8.90. The Labute approximate surface area is 173 Å². The molecular weight excluding hydrogens is 429 g/mol. The van der Waals surface area contributed by atoms with Crippen LogP contribution >= 0.6 is 11.8 Å². The Kier molecular flexibility index (Phi) is 6.95. The maximum absolute atomic E-state index is 13.5. The number of nitrogens with zero attached hydrogens (tertiary/aromatic N) is 1. The molecule has 1 aliphatic heterocycles. The molecule has 0 saturated carbocycles. The monoisotopic (exact) mass is 450 g/mol. The van der Waals surface area contributed by atoms with Crippen molar-refractivity contribution in [2.75, 3.05) is 12.9 Å². The lowest BCUT2D eigenvalue weighted by atomic mass is 9.99. The fraction of sp³-hybridized carbons (Fsp3) is 0.500. The number of aromatic amines is 1. The maximum atomic E-state index is 13.5. The summed E-state index contributed by atoms with van der Waals surface area (Å²) in [6.07, 6.45) is -11.1. The van der Waals surface area contributed by atoms with Crippen molar-refractivity contribution in [1.29, 1.82) is 0 Å². The van der Waals surface area contributed by atoms with E-state index in [2.05, 4.69) is 5.10 Å². The highest BCUT2D eigenvalue weighted by molar-refractivity contribution is 7.98. The molecule has 0 aliphatic carbocycles. The molecule has 1 aromatic carbocycles. The second-order valence-corrected chi connectivity index (χ2v) is 7.60. The van der Waals surface area contributed by atoms with E-state index in [0.717, 1.165) is 4.90 Å². The van der Waals surface area contributed by atoms with Gasteiger partial charge in [-0.3, -0.25) is 5.10 Å². The first kappa shape index (κ1) is 22.8. The molecule has 5 N–H and O–H groups in total. The molecule has 2 aromatic rings. The molecule has 0 spiro atoms. The quantitative estimate of drug-likeness (QED) is 0.411. The molecule has 1 aliphatic rings. The van der Waals surface area contributed by atoms with Gasteiger partial charge in [-0.1, -0.05) is 12.1 Å². The lowest BCUT2D eigenvalue weighted by Crippen LogP contribution is -2.60. The minimum absolute atomic E-state index is 0.184. The van der Waals surface area contributed by atoms with Crippen molar-refractivity contribution in [2.24, 2.45) is 0 Å². The highest BCUT2D eigenvalue weighted by Crippen LogP contribution is 2.37. The molecule has 0 amide bonds. The summed E-state index contributed by atoms with van der Waals surface area (Å²) in [4.78, 5) is 0.941. The summed E-state index contributed by atoms with van der Waals surface area (Å²) in [5.41, 5.74) is -0.885. The number of aromatic nitrogens is 2. The van der Waals surface area contributed by atoms with Crippen LogP contribution in [0.25, 0.3) is 0 Å². The molecule has 0 radical (unpaired) electrons. The molecule has 1 saturated heterocycles. The zero-order valence-electron chi connectivity index (χ0n) is 15.7. The first-order valence-corrected chi connectivity index (χ1v) is 10.1. The van der Waals surface area contributed by atoms with Crippen LogP contribution in [0.1, 0.15) is 16.8 Å². The Morgan fingerprint density at radius 2 is 1.83 bits per heavy atom. The highest BCUT2D eigenvalue weighted by Gasteiger charge is 2.46. The van der Waals surface area contributed by atoms with Crippen LogP contribution in [0.3, 0.4) is 0 Å². The van der Waals surface area contributed by atoms with Crippen molar-refractivity contribution < 1.29 is 43.1 Å². The number of rotatable bonds is 6. The third-order valence-electron chi connectivity index (χ3n) is 4.74. The minimum Gasteiger partial charge on any atom is -0.465 e. The third-order valence-corrected chi connectivity index (χ3v) is 5.49. The summed E-state index contributed by atoms with van der Waals surface area (Å²) in [7, 11) is 0. The number of thioether (sulfide) groups is 1. The SMILES string of the molecule is CSc1ccc(Cc2c(O[C@@H]3[C@@H](O)[C@H](O)[C@@H](CO)O[C@H]3O)n[nH]c2C(F)(F)F)cc1. The van der Waals surface area contributed by atoms with Crippen LogP contribution in [-0.2, 0) is 17.3 Å². The minimum atomic E-state index is -4.75. The van der Waals surface area contributed by atoms with Crippen LogP contribution in [0.15, 0.2) is 29.2 Å². The predicted molar refractivity (Wildman–Crippen MR) is 99.0 cm³/mol. The molecule has 30 heavy (non-hydrogen) atoms. The molecule has 1 fully saturated rings. The number of hydrogen-bond acceptors (Lipinski definition) is 8. The average Bonchev–Trinajstić information content (AvgIpc) is 3.11. The Balaban J connectivity index is 1.90. The second kappa shape index (κ2) is 9.12. The standard InChI is InChI=1S/C18H21F3N2O6S/c1-30-9-4-2-8(3-5-9)6-10-15(18(19,20)21)22-23-16(10)29-14-13(26)12(25)11(7-24)28-17(14)27/h2-5,11-14,17,24-27H,6-7H2,1H3,(H,22,23)/t11-,12-,13+,14-,17-/m1/s1. The number of alkyl halides is 3. The highest BCUT2D eigenvalue weighted by atomic mass is 32.2. The van der Waals surface area contributed by atoms with Crippen LogP contribution in [0.5, 0.6) is 5.88 Å². The van der Waals surface area contributed by atoms with Crippen LogP contribution in [-0.4, -0.2) is 74.2 Å². The number of aliphatic hydroxyl groups excluding tert-OH is 4. The number of ether oxygens (including phenoxy) is 2. The van der Waals surface area contributed by atoms with Crippen molar-refractivity contribution in [3.05, 3.63) is 41.1 Å². The molecule has 0 bridgehead atoms. The van der Waals surface area contributed by atoms with Gasteiger partial charge in [0, 0.05) is 11.3 Å². The predicted octanol–water partition coefficient (Wildman–Crippen LogP) is 0.920. The molecule has 2 heterocycles. The van der Waals surface area contributed by atoms with E-state index >= 15 is 0 Å². The van der Waals surface area contributed by atoms with Gasteiger partial charge in [0.25, 0.3) is 0 Å². The fourth-order valence-corrected chi connectivity index (χ4v) is 3.53. The van der Waals surface area contributed by atoms with Crippen LogP contribution in [0.2, 0.25) is 0 Å². The van der Waals surface area contributed by atoms with E-state index < -0.39 is 55.1 Å². The summed E-state index contributed by atoms with van der Waals surface area (Å²) >= 11 is 1.49. The van der Waals surface area contributed by atoms with Gasteiger partial charge in [0.1, 0.15) is 24.0 Å². The summed E-state index contributed by atoms with van der Waals surface area (Å²) in [6, 6.07) is 6.88. The lowest BCUT2D eigenvalue weighted by molar-refractivity contribution is -0.281. The van der Waals surface area contributed by atoms with E-state index in [1.807, 2.05) is 11.4 Å². The second-order valence-electron chi connectivity index (χ2n) is 6.72. The van der Waals surface area contributed by atoms with E-state index in [1.54, 1.807) is 24.3 Å². The van der Waals surface area contributed by atoms with Crippen molar-refractivity contribution in [3.63, 3.8) is 0 Å². The molecular formula is C18H21F3N2O6S. The molecule has 8 nitrogen and oxygen atoms in total. The van der Waals surface area contributed by atoms with Crippen LogP contribution < -0.4 is 4.74 Å². The average molecular weight is 450 g/mol. The molecule has 0 unspecified atom stereocenters. The Morgan fingerprint density at radius 3 is 2.40 bits per heavy atom. The number of aliphatic hydroxyl groups is 4.